The second-order valence-electron chi connectivity index (χ2n) is 3.47. The molecular formula is C10H21NOS. The van der Waals surface area contributed by atoms with Crippen molar-refractivity contribution < 1.29 is 4.74 Å². The fraction of sp³-hybridized carbons (Fsp3) is 1.00. The van der Waals surface area contributed by atoms with Crippen molar-refractivity contribution in [2.24, 2.45) is 0 Å². The van der Waals surface area contributed by atoms with Gasteiger partial charge in [-0.2, -0.15) is 11.8 Å². The Labute approximate surface area is 86.0 Å². The fourth-order valence-corrected chi connectivity index (χ4v) is 2.38. The molecule has 1 heterocycles. The Balaban J connectivity index is 2.03. The maximum absolute atomic E-state index is 5.33. The van der Waals surface area contributed by atoms with Gasteiger partial charge in [0.2, 0.25) is 0 Å². The summed E-state index contributed by atoms with van der Waals surface area (Å²) in [5.74, 6) is 2.53. The third-order valence-electron chi connectivity index (χ3n) is 2.62. The Morgan fingerprint density at radius 2 is 2.08 bits per heavy atom. The van der Waals surface area contributed by atoms with Crippen LogP contribution in [-0.4, -0.2) is 49.3 Å². The van der Waals surface area contributed by atoms with E-state index in [1.807, 2.05) is 18.9 Å². The molecule has 0 aromatic carbocycles. The van der Waals surface area contributed by atoms with E-state index in [1.54, 1.807) is 0 Å². The molecule has 1 saturated heterocycles. The number of nitrogens with zero attached hydrogens (tertiary/aromatic N) is 1. The molecule has 0 spiro atoms. The van der Waals surface area contributed by atoms with Crippen molar-refractivity contribution in [2.45, 2.75) is 25.9 Å². The smallest absolute Gasteiger partial charge is 0.0595 e. The van der Waals surface area contributed by atoms with Crippen LogP contribution in [0.4, 0.5) is 0 Å². The molecule has 0 aromatic heterocycles. The van der Waals surface area contributed by atoms with Crippen LogP contribution in [0, 0.1) is 0 Å². The lowest BCUT2D eigenvalue weighted by molar-refractivity contribution is 0.0430. The van der Waals surface area contributed by atoms with Gasteiger partial charge in [-0.25, -0.2) is 0 Å². The monoisotopic (exact) mass is 203 g/mol. The highest BCUT2D eigenvalue weighted by Gasteiger charge is 2.17. The molecule has 0 amide bonds. The molecule has 0 atom stereocenters. The zero-order valence-electron chi connectivity index (χ0n) is 8.79. The number of ether oxygens (including phenoxy) is 1. The van der Waals surface area contributed by atoms with Crippen LogP contribution in [0.15, 0.2) is 0 Å². The molecule has 78 valence electrons. The van der Waals surface area contributed by atoms with Crippen LogP contribution in [0.25, 0.3) is 0 Å². The summed E-state index contributed by atoms with van der Waals surface area (Å²) in [6.07, 6.45) is 2.95. The highest BCUT2D eigenvalue weighted by Crippen LogP contribution is 2.13. The normalized spacial score (nSPS) is 20.8. The zero-order valence-corrected chi connectivity index (χ0v) is 9.61. The molecule has 0 unspecified atom stereocenters. The summed E-state index contributed by atoms with van der Waals surface area (Å²) in [4.78, 5) is 2.55. The van der Waals surface area contributed by atoms with Gasteiger partial charge < -0.3 is 9.64 Å². The molecule has 0 N–H and O–H groups in total. The van der Waals surface area contributed by atoms with Crippen molar-refractivity contribution in [1.29, 1.82) is 0 Å². The first-order valence-corrected chi connectivity index (χ1v) is 6.35. The molecule has 13 heavy (non-hydrogen) atoms. The third-order valence-corrected chi connectivity index (χ3v) is 3.50. The topological polar surface area (TPSA) is 12.5 Å². The van der Waals surface area contributed by atoms with Crippen LogP contribution in [-0.2, 0) is 4.74 Å². The van der Waals surface area contributed by atoms with Crippen molar-refractivity contribution in [2.75, 3.05) is 38.2 Å². The van der Waals surface area contributed by atoms with Gasteiger partial charge in [0, 0.05) is 32.5 Å². The predicted molar refractivity (Wildman–Crippen MR) is 59.5 cm³/mol. The summed E-state index contributed by atoms with van der Waals surface area (Å²) in [6.45, 7) is 5.93. The Morgan fingerprint density at radius 3 is 2.62 bits per heavy atom. The van der Waals surface area contributed by atoms with E-state index < -0.39 is 0 Å². The molecule has 0 saturated carbocycles. The molecule has 1 aliphatic heterocycles. The first-order valence-electron chi connectivity index (χ1n) is 5.19. The van der Waals surface area contributed by atoms with Crippen molar-refractivity contribution >= 4 is 11.8 Å². The number of thioether (sulfide) groups is 1. The molecule has 1 aliphatic rings. The van der Waals surface area contributed by atoms with Gasteiger partial charge in [0.25, 0.3) is 0 Å². The maximum atomic E-state index is 5.33. The van der Waals surface area contributed by atoms with E-state index in [9.17, 15) is 0 Å². The third kappa shape index (κ3) is 4.34. The highest BCUT2D eigenvalue weighted by molar-refractivity contribution is 7.99. The van der Waals surface area contributed by atoms with Gasteiger partial charge in [-0.05, 0) is 18.6 Å². The van der Waals surface area contributed by atoms with Gasteiger partial charge in [-0.3, -0.25) is 0 Å². The van der Waals surface area contributed by atoms with Crippen molar-refractivity contribution in [3.8, 4) is 0 Å². The molecule has 0 radical (unpaired) electrons. The van der Waals surface area contributed by atoms with Gasteiger partial charge in [-0.15, -0.1) is 0 Å². The van der Waals surface area contributed by atoms with E-state index in [0.29, 0.717) is 6.10 Å². The lowest BCUT2D eigenvalue weighted by atomic mass is 10.1. The number of piperidine rings is 1. The minimum Gasteiger partial charge on any atom is -0.381 e. The van der Waals surface area contributed by atoms with Gasteiger partial charge in [-0.1, -0.05) is 6.92 Å². The van der Waals surface area contributed by atoms with Gasteiger partial charge in [0.15, 0.2) is 0 Å². The highest BCUT2D eigenvalue weighted by atomic mass is 32.2. The molecule has 0 aromatic rings. The second-order valence-corrected chi connectivity index (χ2v) is 4.87. The molecule has 3 heteroatoms. The number of likely N-dealkylation sites (tertiary alicyclic amines) is 1. The number of hydrogen-bond acceptors (Lipinski definition) is 3. The van der Waals surface area contributed by atoms with Crippen LogP contribution >= 0.6 is 11.8 Å². The van der Waals surface area contributed by atoms with Gasteiger partial charge >= 0.3 is 0 Å². The zero-order chi connectivity index (χ0) is 9.52. The fourth-order valence-electron chi connectivity index (χ4n) is 1.71. The molecule has 1 rings (SSSR count). The van der Waals surface area contributed by atoms with Crippen molar-refractivity contribution in [1.82, 2.24) is 4.90 Å². The maximum Gasteiger partial charge on any atom is 0.0595 e. The Kier molecular flexibility index (Phi) is 5.83. The van der Waals surface area contributed by atoms with E-state index in [1.165, 1.54) is 44.0 Å². The number of rotatable bonds is 5. The van der Waals surface area contributed by atoms with E-state index in [0.717, 1.165) is 0 Å². The van der Waals surface area contributed by atoms with E-state index >= 15 is 0 Å². The minimum atomic E-state index is 0.523. The lowest BCUT2D eigenvalue weighted by Gasteiger charge is -2.30. The van der Waals surface area contributed by atoms with Crippen molar-refractivity contribution in [3.63, 3.8) is 0 Å². The molecule has 0 bridgehead atoms. The average molecular weight is 203 g/mol. The summed E-state index contributed by atoms with van der Waals surface area (Å²) in [7, 11) is 1.83. The summed E-state index contributed by atoms with van der Waals surface area (Å²) < 4.78 is 5.33. The van der Waals surface area contributed by atoms with Crippen LogP contribution in [0.3, 0.4) is 0 Å². The van der Waals surface area contributed by atoms with Crippen molar-refractivity contribution in [3.05, 3.63) is 0 Å². The Bertz CT molecular complexity index is 121. The first kappa shape index (κ1) is 11.3. The van der Waals surface area contributed by atoms with E-state index in [-0.39, 0.29) is 0 Å². The first-order chi connectivity index (χ1) is 6.36. The molecular weight excluding hydrogens is 182 g/mol. The van der Waals surface area contributed by atoms with Crippen LogP contribution in [0.5, 0.6) is 0 Å². The van der Waals surface area contributed by atoms with Crippen LogP contribution in [0.1, 0.15) is 19.8 Å². The standard InChI is InChI=1S/C10H21NOS/c1-3-13-9-8-11-6-4-10(12-2)5-7-11/h10H,3-9H2,1-2H3. The average Bonchev–Trinajstić information content (AvgIpc) is 2.19. The Hall–Kier alpha value is 0.270. The lowest BCUT2D eigenvalue weighted by Crippen LogP contribution is -2.37. The van der Waals surface area contributed by atoms with E-state index in [2.05, 4.69) is 11.8 Å². The molecule has 2 nitrogen and oxygen atoms in total. The van der Waals surface area contributed by atoms with Crippen LogP contribution in [0.2, 0.25) is 0 Å². The summed E-state index contributed by atoms with van der Waals surface area (Å²) >= 11 is 2.04. The number of hydrogen-bond donors (Lipinski definition) is 0. The SMILES string of the molecule is CCSCCN1CCC(OC)CC1. The summed E-state index contributed by atoms with van der Waals surface area (Å²) in [6, 6.07) is 0. The van der Waals surface area contributed by atoms with E-state index in [4.69, 9.17) is 4.74 Å². The predicted octanol–water partition coefficient (Wildman–Crippen LogP) is 1.85. The molecule has 0 aliphatic carbocycles. The number of methoxy groups -OCH3 is 1. The largest absolute Gasteiger partial charge is 0.381 e. The van der Waals surface area contributed by atoms with Gasteiger partial charge in [0.05, 0.1) is 6.10 Å². The molecule has 1 fully saturated rings. The second kappa shape index (κ2) is 6.68. The minimum absolute atomic E-state index is 0.523. The summed E-state index contributed by atoms with van der Waals surface area (Å²) in [5, 5.41) is 0. The van der Waals surface area contributed by atoms with Crippen LogP contribution < -0.4 is 0 Å². The Morgan fingerprint density at radius 1 is 1.38 bits per heavy atom. The van der Waals surface area contributed by atoms with Gasteiger partial charge in [0.1, 0.15) is 0 Å². The quantitative estimate of drug-likeness (QED) is 0.633. The summed E-state index contributed by atoms with van der Waals surface area (Å²) in [5.41, 5.74) is 0.